The third kappa shape index (κ3) is 2.28. The Morgan fingerprint density at radius 2 is 1.10 bits per heavy atom. The topological polar surface area (TPSA) is 48.1 Å². The summed E-state index contributed by atoms with van der Waals surface area (Å²) in [7, 11) is 0. The normalized spacial score (nSPS) is 11.6. The third-order valence-electron chi connectivity index (χ3n) is 5.86. The van der Waals surface area contributed by atoms with E-state index in [4.69, 9.17) is 0 Å². The number of nitro groups is 1. The van der Waals surface area contributed by atoms with Crippen molar-refractivity contribution in [1.82, 2.24) is 4.57 Å². The Bertz CT molecular complexity index is 1520. The van der Waals surface area contributed by atoms with E-state index < -0.39 is 0 Å². The maximum atomic E-state index is 11.1. The number of hydrogen-bond donors (Lipinski definition) is 0. The number of non-ortho nitro benzene ring substituents is 1. The van der Waals surface area contributed by atoms with E-state index in [1.54, 1.807) is 12.1 Å². The molecular weight excluding hydrogens is 372 g/mol. The Morgan fingerprint density at radius 3 is 1.60 bits per heavy atom. The van der Waals surface area contributed by atoms with E-state index in [-0.39, 0.29) is 10.6 Å². The Balaban J connectivity index is 1.84. The van der Waals surface area contributed by atoms with E-state index in [0.717, 1.165) is 16.7 Å². The van der Waals surface area contributed by atoms with Gasteiger partial charge in [0.15, 0.2) is 0 Å². The van der Waals surface area contributed by atoms with Gasteiger partial charge in [0.25, 0.3) is 5.69 Å². The van der Waals surface area contributed by atoms with Crippen LogP contribution in [0.1, 0.15) is 0 Å². The minimum absolute atomic E-state index is 0.0930. The number of benzene rings is 5. The van der Waals surface area contributed by atoms with E-state index in [0.29, 0.717) is 0 Å². The molecule has 30 heavy (non-hydrogen) atoms. The second-order valence-electron chi connectivity index (χ2n) is 7.47. The van der Waals surface area contributed by atoms with Crippen LogP contribution < -0.4 is 0 Å². The zero-order valence-corrected chi connectivity index (χ0v) is 15.9. The molecule has 1 heterocycles. The molecule has 0 amide bonds. The van der Waals surface area contributed by atoms with E-state index in [1.807, 2.05) is 12.1 Å². The lowest BCUT2D eigenvalue weighted by molar-refractivity contribution is -0.384. The number of nitrogens with zero attached hydrogens (tertiary/aromatic N) is 2. The van der Waals surface area contributed by atoms with E-state index in [9.17, 15) is 10.1 Å². The molecule has 0 aliphatic heterocycles. The van der Waals surface area contributed by atoms with Crippen molar-refractivity contribution >= 4 is 49.0 Å². The largest absolute Gasteiger partial charge is 0.309 e. The second kappa shape index (κ2) is 6.16. The van der Waals surface area contributed by atoms with Gasteiger partial charge in [0.05, 0.1) is 16.0 Å². The molecule has 142 valence electrons. The molecule has 0 N–H and O–H groups in total. The van der Waals surface area contributed by atoms with Crippen molar-refractivity contribution in [1.29, 1.82) is 0 Å². The monoisotopic (exact) mass is 388 g/mol. The second-order valence-corrected chi connectivity index (χ2v) is 7.47. The lowest BCUT2D eigenvalue weighted by atomic mass is 10.00. The zero-order valence-electron chi connectivity index (χ0n) is 15.9. The molecule has 0 aliphatic rings. The van der Waals surface area contributed by atoms with Crippen LogP contribution in [-0.2, 0) is 0 Å². The van der Waals surface area contributed by atoms with Crippen LogP contribution in [0, 0.1) is 10.1 Å². The summed E-state index contributed by atoms with van der Waals surface area (Å²) in [6, 6.07) is 32.2. The first-order valence-electron chi connectivity index (χ1n) is 9.81. The van der Waals surface area contributed by atoms with E-state index >= 15 is 0 Å². The Morgan fingerprint density at radius 1 is 0.600 bits per heavy atom. The van der Waals surface area contributed by atoms with Gasteiger partial charge in [-0.25, -0.2) is 0 Å². The van der Waals surface area contributed by atoms with E-state index in [2.05, 4.69) is 77.4 Å². The number of hydrogen-bond acceptors (Lipinski definition) is 2. The SMILES string of the molecule is O=[N+]([O-])c1ccc(-n2c3ccc4ccccc4c3c3c4ccccc4ccc32)cc1. The van der Waals surface area contributed by atoms with Crippen molar-refractivity contribution in [3.63, 3.8) is 0 Å². The smallest absolute Gasteiger partial charge is 0.269 e. The summed E-state index contributed by atoms with van der Waals surface area (Å²) in [6.07, 6.45) is 0. The molecule has 0 saturated heterocycles. The highest BCUT2D eigenvalue weighted by Gasteiger charge is 2.17. The number of aromatic nitrogens is 1. The van der Waals surface area contributed by atoms with Crippen LogP contribution in [0.25, 0.3) is 49.0 Å². The molecule has 4 nitrogen and oxygen atoms in total. The van der Waals surface area contributed by atoms with Gasteiger partial charge >= 0.3 is 0 Å². The summed E-state index contributed by atoms with van der Waals surface area (Å²) in [4.78, 5) is 10.8. The van der Waals surface area contributed by atoms with Crippen molar-refractivity contribution in [2.75, 3.05) is 0 Å². The molecule has 1 aromatic heterocycles. The van der Waals surface area contributed by atoms with Gasteiger partial charge in [-0.2, -0.15) is 0 Å². The minimum atomic E-state index is -0.364. The predicted molar refractivity (Wildman–Crippen MR) is 122 cm³/mol. The predicted octanol–water partition coefficient (Wildman–Crippen LogP) is 7.00. The fourth-order valence-electron chi connectivity index (χ4n) is 4.55. The molecule has 6 rings (SSSR count). The number of fused-ring (bicyclic) bond motifs is 7. The first kappa shape index (κ1) is 16.7. The van der Waals surface area contributed by atoms with Gasteiger partial charge in [-0.3, -0.25) is 10.1 Å². The van der Waals surface area contributed by atoms with Gasteiger partial charge in [-0.15, -0.1) is 0 Å². The first-order chi connectivity index (χ1) is 14.7. The molecular formula is C26H16N2O2. The van der Waals surface area contributed by atoms with Crippen LogP contribution >= 0.6 is 0 Å². The van der Waals surface area contributed by atoms with Crippen LogP contribution in [0.4, 0.5) is 5.69 Å². The summed E-state index contributed by atoms with van der Waals surface area (Å²) >= 11 is 0. The molecule has 0 atom stereocenters. The van der Waals surface area contributed by atoms with Crippen LogP contribution in [-0.4, -0.2) is 9.49 Å². The maximum Gasteiger partial charge on any atom is 0.269 e. The Kier molecular flexibility index (Phi) is 3.44. The molecule has 0 spiro atoms. The molecule has 0 radical (unpaired) electrons. The summed E-state index contributed by atoms with van der Waals surface area (Å²) in [5.41, 5.74) is 3.18. The quantitative estimate of drug-likeness (QED) is 0.237. The summed E-state index contributed by atoms with van der Waals surface area (Å²) in [6.45, 7) is 0. The molecule has 4 heteroatoms. The van der Waals surface area contributed by atoms with Crippen molar-refractivity contribution in [2.45, 2.75) is 0 Å². The van der Waals surface area contributed by atoms with Crippen molar-refractivity contribution in [2.24, 2.45) is 0 Å². The lowest BCUT2D eigenvalue weighted by Gasteiger charge is -2.08. The lowest BCUT2D eigenvalue weighted by Crippen LogP contribution is -1.95. The zero-order chi connectivity index (χ0) is 20.2. The molecule has 0 unspecified atom stereocenters. The molecule has 0 aliphatic carbocycles. The highest BCUT2D eigenvalue weighted by atomic mass is 16.6. The molecule has 5 aromatic carbocycles. The van der Waals surface area contributed by atoms with Crippen LogP contribution in [0.15, 0.2) is 97.1 Å². The summed E-state index contributed by atoms with van der Waals surface area (Å²) < 4.78 is 2.20. The molecule has 0 saturated carbocycles. The molecule has 6 aromatic rings. The van der Waals surface area contributed by atoms with Gasteiger partial charge in [0, 0.05) is 28.6 Å². The van der Waals surface area contributed by atoms with Gasteiger partial charge in [-0.05, 0) is 45.8 Å². The maximum absolute atomic E-state index is 11.1. The summed E-state index contributed by atoms with van der Waals surface area (Å²) in [5.74, 6) is 0. The van der Waals surface area contributed by atoms with Gasteiger partial charge in [0.1, 0.15) is 0 Å². The standard InChI is InChI=1S/C26H16N2O2/c29-28(30)20-13-11-19(12-14-20)27-23-15-9-17-5-1-3-7-21(17)25(23)26-22-8-4-2-6-18(22)10-16-24(26)27/h1-16H. The third-order valence-corrected chi connectivity index (χ3v) is 5.86. The van der Waals surface area contributed by atoms with Crippen molar-refractivity contribution < 1.29 is 4.92 Å². The molecule has 0 fully saturated rings. The number of rotatable bonds is 2. The fourth-order valence-corrected chi connectivity index (χ4v) is 4.55. The average molecular weight is 388 g/mol. The average Bonchev–Trinajstić information content (AvgIpc) is 3.14. The van der Waals surface area contributed by atoms with Crippen LogP contribution in [0.3, 0.4) is 0 Å². The minimum Gasteiger partial charge on any atom is -0.309 e. The molecule has 0 bridgehead atoms. The van der Waals surface area contributed by atoms with Crippen LogP contribution in [0.2, 0.25) is 0 Å². The highest BCUT2D eigenvalue weighted by Crippen LogP contribution is 2.40. The summed E-state index contributed by atoms with van der Waals surface area (Å²) in [5, 5.41) is 18.3. The van der Waals surface area contributed by atoms with Crippen molar-refractivity contribution in [3.8, 4) is 5.69 Å². The first-order valence-corrected chi connectivity index (χ1v) is 9.81. The van der Waals surface area contributed by atoms with Crippen molar-refractivity contribution in [3.05, 3.63) is 107 Å². The Labute approximate surface area is 171 Å². The van der Waals surface area contributed by atoms with Crippen LogP contribution in [0.5, 0.6) is 0 Å². The van der Waals surface area contributed by atoms with Gasteiger partial charge < -0.3 is 4.57 Å². The fraction of sp³-hybridized carbons (Fsp3) is 0. The van der Waals surface area contributed by atoms with Gasteiger partial charge in [-0.1, -0.05) is 60.7 Å². The number of nitro benzene ring substituents is 1. The highest BCUT2D eigenvalue weighted by molar-refractivity contribution is 6.28. The van der Waals surface area contributed by atoms with Gasteiger partial charge in [0.2, 0.25) is 0 Å². The Hall–Kier alpha value is -4.18. The van der Waals surface area contributed by atoms with E-state index in [1.165, 1.54) is 32.3 Å².